The number of sulfonamides is 1. The monoisotopic (exact) mass is 441 g/mol. The minimum absolute atomic E-state index is 0.0284. The highest BCUT2D eigenvalue weighted by Gasteiger charge is 2.27. The van der Waals surface area contributed by atoms with Gasteiger partial charge in [0.15, 0.2) is 0 Å². The maximum absolute atomic E-state index is 12.5. The lowest BCUT2D eigenvalue weighted by molar-refractivity contribution is -0.121. The van der Waals surface area contributed by atoms with E-state index in [0.717, 1.165) is 47.1 Å². The van der Waals surface area contributed by atoms with Crippen molar-refractivity contribution in [3.8, 4) is 0 Å². The maximum Gasteiger partial charge on any atom is 0.252 e. The van der Waals surface area contributed by atoms with Crippen LogP contribution in [0, 0.1) is 0 Å². The van der Waals surface area contributed by atoms with E-state index in [2.05, 4.69) is 10.2 Å². The fourth-order valence-corrected chi connectivity index (χ4v) is 5.94. The summed E-state index contributed by atoms with van der Waals surface area (Å²) in [5.74, 6) is -0.334. The van der Waals surface area contributed by atoms with Crippen molar-refractivity contribution < 1.29 is 13.2 Å². The highest BCUT2D eigenvalue weighted by Crippen LogP contribution is 2.29. The number of nitrogens with zero attached hydrogens (tertiary/aromatic N) is 2. The zero-order chi connectivity index (χ0) is 20.1. The van der Waals surface area contributed by atoms with Gasteiger partial charge in [0.1, 0.15) is 4.21 Å². The largest absolute Gasteiger partial charge is 0.353 e. The van der Waals surface area contributed by atoms with Crippen molar-refractivity contribution in [3.05, 3.63) is 52.4 Å². The van der Waals surface area contributed by atoms with E-state index in [4.69, 9.17) is 11.6 Å². The summed E-state index contributed by atoms with van der Waals surface area (Å²) in [6, 6.07) is 10.8. The van der Waals surface area contributed by atoms with E-state index in [0.29, 0.717) is 11.6 Å². The van der Waals surface area contributed by atoms with Gasteiger partial charge in [0.05, 0.1) is 12.6 Å². The summed E-state index contributed by atoms with van der Waals surface area (Å²) in [6.07, 6.45) is 2.24. The Morgan fingerprint density at radius 3 is 2.61 bits per heavy atom. The first-order chi connectivity index (χ1) is 13.4. The molecule has 2 aromatic rings. The van der Waals surface area contributed by atoms with Gasteiger partial charge in [-0.15, -0.1) is 11.3 Å². The molecule has 0 saturated carbocycles. The highest BCUT2D eigenvalue weighted by atomic mass is 35.5. The first-order valence-electron chi connectivity index (χ1n) is 9.14. The zero-order valence-electron chi connectivity index (χ0n) is 15.7. The van der Waals surface area contributed by atoms with Crippen molar-refractivity contribution in [3.63, 3.8) is 0 Å². The van der Waals surface area contributed by atoms with Crippen LogP contribution in [0.2, 0.25) is 5.02 Å². The number of hydrogen-bond acceptors (Lipinski definition) is 5. The van der Waals surface area contributed by atoms with Crippen molar-refractivity contribution in [1.29, 1.82) is 0 Å². The lowest BCUT2D eigenvalue weighted by Gasteiger charge is -2.29. The summed E-state index contributed by atoms with van der Waals surface area (Å²) < 4.78 is 26.3. The second-order valence-corrected chi connectivity index (χ2v) is 10.4. The number of amides is 1. The molecule has 1 amide bonds. The first kappa shape index (κ1) is 21.3. The molecule has 0 unspecified atom stereocenters. The Balaban J connectivity index is 1.64. The van der Waals surface area contributed by atoms with Crippen LogP contribution in [0.25, 0.3) is 0 Å². The van der Waals surface area contributed by atoms with Gasteiger partial charge in [0, 0.05) is 18.6 Å². The minimum Gasteiger partial charge on any atom is -0.353 e. The summed E-state index contributed by atoms with van der Waals surface area (Å²) >= 11 is 7.52. The van der Waals surface area contributed by atoms with Gasteiger partial charge in [0.25, 0.3) is 10.0 Å². The molecule has 0 bridgehead atoms. The molecule has 9 heteroatoms. The molecule has 1 saturated heterocycles. The molecule has 0 spiro atoms. The molecule has 1 atom stereocenters. The molecule has 0 radical (unpaired) electrons. The average molecular weight is 442 g/mol. The van der Waals surface area contributed by atoms with E-state index >= 15 is 0 Å². The number of carbonyl (C=O) groups is 1. The number of rotatable bonds is 8. The summed E-state index contributed by atoms with van der Waals surface area (Å²) in [4.78, 5) is 14.8. The predicted octanol–water partition coefficient (Wildman–Crippen LogP) is 2.98. The topological polar surface area (TPSA) is 69.7 Å². The number of halogens is 1. The fraction of sp³-hybridized carbons (Fsp3) is 0.421. The molecule has 1 aromatic heterocycles. The lowest BCUT2D eigenvalue weighted by Crippen LogP contribution is -2.42. The molecule has 1 aliphatic heterocycles. The number of likely N-dealkylation sites (N-methyl/N-ethyl adjacent to an activating group) is 1. The van der Waals surface area contributed by atoms with Gasteiger partial charge < -0.3 is 5.32 Å². The van der Waals surface area contributed by atoms with Gasteiger partial charge in [0.2, 0.25) is 5.91 Å². The number of benzene rings is 1. The molecule has 1 fully saturated rings. The van der Waals surface area contributed by atoms with Crippen LogP contribution in [0.4, 0.5) is 0 Å². The molecular weight excluding hydrogens is 418 g/mol. The summed E-state index contributed by atoms with van der Waals surface area (Å²) in [5.41, 5.74) is 0.978. The fourth-order valence-electron chi connectivity index (χ4n) is 3.35. The first-order valence-corrected chi connectivity index (χ1v) is 11.8. The second-order valence-electron chi connectivity index (χ2n) is 6.78. The van der Waals surface area contributed by atoms with E-state index in [1.807, 2.05) is 24.3 Å². The molecule has 1 aliphatic rings. The van der Waals surface area contributed by atoms with Crippen LogP contribution in [0.5, 0.6) is 0 Å². The molecule has 0 aliphatic carbocycles. The third kappa shape index (κ3) is 4.93. The molecular formula is C19H24ClN3O3S2. The van der Waals surface area contributed by atoms with Crippen molar-refractivity contribution >= 4 is 38.9 Å². The van der Waals surface area contributed by atoms with Crippen molar-refractivity contribution in [2.24, 2.45) is 0 Å². The predicted molar refractivity (Wildman–Crippen MR) is 112 cm³/mol. The molecule has 28 heavy (non-hydrogen) atoms. The lowest BCUT2D eigenvalue weighted by atomic mass is 10.1. The normalized spacial score (nSPS) is 16.4. The van der Waals surface area contributed by atoms with Crippen LogP contribution in [-0.2, 0) is 14.8 Å². The minimum atomic E-state index is -3.64. The Bertz CT molecular complexity index is 897. The van der Waals surface area contributed by atoms with Crippen molar-refractivity contribution in [1.82, 2.24) is 14.5 Å². The van der Waals surface area contributed by atoms with Crippen LogP contribution < -0.4 is 5.32 Å². The quantitative estimate of drug-likeness (QED) is 0.683. The third-order valence-corrected chi connectivity index (χ3v) is 8.38. The van der Waals surface area contributed by atoms with E-state index in [1.165, 1.54) is 13.1 Å². The maximum atomic E-state index is 12.5. The SMILES string of the molecule is CN(CC(=O)NC[C@H](c1ccccc1Cl)N1CCCC1)S(=O)(=O)c1cccs1. The van der Waals surface area contributed by atoms with Crippen LogP contribution >= 0.6 is 22.9 Å². The third-order valence-electron chi connectivity index (χ3n) is 4.86. The van der Waals surface area contributed by atoms with Gasteiger partial charge in [-0.25, -0.2) is 8.42 Å². The molecule has 6 nitrogen and oxygen atoms in total. The van der Waals surface area contributed by atoms with Gasteiger partial charge in [-0.1, -0.05) is 35.9 Å². The Morgan fingerprint density at radius 2 is 1.96 bits per heavy atom. The molecule has 1 N–H and O–H groups in total. The summed E-state index contributed by atoms with van der Waals surface area (Å²) in [7, 11) is -2.23. The van der Waals surface area contributed by atoms with Crippen LogP contribution in [0.15, 0.2) is 46.0 Å². The zero-order valence-corrected chi connectivity index (χ0v) is 18.1. The van der Waals surface area contributed by atoms with Gasteiger partial charge in [-0.05, 0) is 49.0 Å². The van der Waals surface area contributed by atoms with Crippen LogP contribution in [-0.4, -0.2) is 56.8 Å². The van der Waals surface area contributed by atoms with E-state index < -0.39 is 10.0 Å². The smallest absolute Gasteiger partial charge is 0.252 e. The number of likely N-dealkylation sites (tertiary alicyclic amines) is 1. The van der Waals surface area contributed by atoms with Crippen LogP contribution in [0.1, 0.15) is 24.4 Å². The Kier molecular flexibility index (Phi) is 7.11. The highest BCUT2D eigenvalue weighted by molar-refractivity contribution is 7.91. The Labute approximate surface area is 175 Å². The van der Waals surface area contributed by atoms with Gasteiger partial charge in [-0.3, -0.25) is 9.69 Å². The molecule has 3 rings (SSSR count). The van der Waals surface area contributed by atoms with Gasteiger partial charge >= 0.3 is 0 Å². The van der Waals surface area contributed by atoms with Crippen molar-refractivity contribution in [2.75, 3.05) is 33.2 Å². The summed E-state index contributed by atoms with van der Waals surface area (Å²) in [6.45, 7) is 2.07. The number of carbonyl (C=O) groups excluding carboxylic acids is 1. The van der Waals surface area contributed by atoms with E-state index in [9.17, 15) is 13.2 Å². The number of hydrogen-bond donors (Lipinski definition) is 1. The Hall–Kier alpha value is -1.45. The second kappa shape index (κ2) is 9.37. The van der Waals surface area contributed by atoms with E-state index in [-0.39, 0.29) is 22.7 Å². The molecule has 2 heterocycles. The van der Waals surface area contributed by atoms with Crippen molar-refractivity contribution in [2.45, 2.75) is 23.1 Å². The average Bonchev–Trinajstić information content (AvgIpc) is 3.37. The van der Waals surface area contributed by atoms with Crippen LogP contribution in [0.3, 0.4) is 0 Å². The van der Waals surface area contributed by atoms with E-state index in [1.54, 1.807) is 11.4 Å². The number of thiophene rings is 1. The van der Waals surface area contributed by atoms with Gasteiger partial charge in [-0.2, -0.15) is 4.31 Å². The number of nitrogens with one attached hydrogen (secondary N) is 1. The molecule has 152 valence electrons. The molecule has 1 aromatic carbocycles. The summed E-state index contributed by atoms with van der Waals surface area (Å²) in [5, 5.41) is 5.26. The Morgan fingerprint density at radius 1 is 1.25 bits per heavy atom. The standard InChI is InChI=1S/C19H24ClN3O3S2/c1-22(28(25,26)19-9-6-12-27-19)14-18(24)21-13-17(23-10-4-5-11-23)15-7-2-3-8-16(15)20/h2-3,6-9,12,17H,4-5,10-11,13-14H2,1H3,(H,21,24)/t17-/m1/s1.